The van der Waals surface area contributed by atoms with Crippen LogP contribution in [-0.4, -0.2) is 55.8 Å². The minimum absolute atomic E-state index is 0.00195. The van der Waals surface area contributed by atoms with Crippen molar-refractivity contribution in [1.29, 1.82) is 0 Å². The average molecular weight is 343 g/mol. The highest BCUT2D eigenvalue weighted by molar-refractivity contribution is 6.33. The number of halogens is 1. The van der Waals surface area contributed by atoms with E-state index < -0.39 is 5.91 Å². The van der Waals surface area contributed by atoms with Crippen molar-refractivity contribution in [2.24, 2.45) is 0 Å². The van der Waals surface area contributed by atoms with Gasteiger partial charge in [-0.1, -0.05) is 18.5 Å². The molecule has 1 atom stereocenters. The topological polar surface area (TPSA) is 71.0 Å². The van der Waals surface area contributed by atoms with Gasteiger partial charge in [-0.25, -0.2) is 0 Å². The molecule has 0 aliphatic carbocycles. The number of benzene rings is 1. The van der Waals surface area contributed by atoms with E-state index >= 15 is 0 Å². The molecule has 1 heterocycles. The number of nitrogens with one attached hydrogen (secondary N) is 1. The van der Waals surface area contributed by atoms with E-state index in [0.29, 0.717) is 18.3 Å². The van der Waals surface area contributed by atoms with Crippen LogP contribution >= 0.6 is 11.6 Å². The Morgan fingerprint density at radius 2 is 2.22 bits per heavy atom. The summed E-state index contributed by atoms with van der Waals surface area (Å²) in [4.78, 5) is 14.9. The van der Waals surface area contributed by atoms with Crippen LogP contribution in [0.4, 0.5) is 0 Å². The molecule has 128 valence electrons. The zero-order valence-corrected chi connectivity index (χ0v) is 14.4. The second-order valence-corrected chi connectivity index (χ2v) is 5.86. The molecule has 1 fully saturated rings. The number of aromatic hydroxyl groups is 1. The SMILES string of the molecule is CCN1CCCC1CNC(=O)c1c(O)c(Cl)cc(OC)c1OC. The highest BCUT2D eigenvalue weighted by Gasteiger charge is 2.27. The van der Waals surface area contributed by atoms with Gasteiger partial charge < -0.3 is 19.9 Å². The summed E-state index contributed by atoms with van der Waals surface area (Å²) in [5.41, 5.74) is -0.00195. The number of amides is 1. The fourth-order valence-electron chi connectivity index (χ4n) is 3.01. The molecule has 0 saturated carbocycles. The van der Waals surface area contributed by atoms with Gasteiger partial charge in [0.25, 0.3) is 5.91 Å². The summed E-state index contributed by atoms with van der Waals surface area (Å²) < 4.78 is 10.4. The lowest BCUT2D eigenvalue weighted by Gasteiger charge is -2.23. The van der Waals surface area contributed by atoms with Crippen molar-refractivity contribution < 1.29 is 19.4 Å². The first-order valence-corrected chi connectivity index (χ1v) is 8.06. The summed E-state index contributed by atoms with van der Waals surface area (Å²) in [5, 5.41) is 13.1. The first-order chi connectivity index (χ1) is 11.0. The largest absolute Gasteiger partial charge is 0.505 e. The normalized spacial score (nSPS) is 18.0. The van der Waals surface area contributed by atoms with Gasteiger partial charge in [0.2, 0.25) is 0 Å². The minimum Gasteiger partial charge on any atom is -0.505 e. The second-order valence-electron chi connectivity index (χ2n) is 5.45. The fraction of sp³-hybridized carbons (Fsp3) is 0.562. The van der Waals surface area contributed by atoms with Crippen LogP contribution in [0.1, 0.15) is 30.1 Å². The third kappa shape index (κ3) is 3.64. The van der Waals surface area contributed by atoms with Crippen molar-refractivity contribution in [1.82, 2.24) is 10.2 Å². The Morgan fingerprint density at radius 1 is 1.48 bits per heavy atom. The molecule has 1 saturated heterocycles. The summed E-state index contributed by atoms with van der Waals surface area (Å²) in [7, 11) is 2.86. The Morgan fingerprint density at radius 3 is 2.83 bits per heavy atom. The molecule has 2 rings (SSSR count). The van der Waals surface area contributed by atoms with E-state index in [-0.39, 0.29) is 22.1 Å². The molecule has 6 nitrogen and oxygen atoms in total. The fourth-order valence-corrected chi connectivity index (χ4v) is 3.20. The number of carbonyl (C=O) groups excluding carboxylic acids is 1. The Bertz CT molecular complexity index is 580. The number of ether oxygens (including phenoxy) is 2. The Balaban J connectivity index is 2.20. The van der Waals surface area contributed by atoms with Crippen LogP contribution in [0.25, 0.3) is 0 Å². The number of carbonyl (C=O) groups is 1. The maximum atomic E-state index is 12.5. The number of likely N-dealkylation sites (tertiary alicyclic amines) is 1. The van der Waals surface area contributed by atoms with Gasteiger partial charge in [-0.2, -0.15) is 0 Å². The van der Waals surface area contributed by atoms with Crippen LogP contribution in [0.5, 0.6) is 17.2 Å². The number of hydrogen-bond donors (Lipinski definition) is 2. The van der Waals surface area contributed by atoms with Gasteiger partial charge in [0.1, 0.15) is 5.56 Å². The van der Waals surface area contributed by atoms with Gasteiger partial charge in [-0.05, 0) is 25.9 Å². The minimum atomic E-state index is -0.428. The van der Waals surface area contributed by atoms with Crippen LogP contribution < -0.4 is 14.8 Å². The van der Waals surface area contributed by atoms with Crippen LogP contribution in [-0.2, 0) is 0 Å². The number of hydrogen-bond acceptors (Lipinski definition) is 5. The van der Waals surface area contributed by atoms with Gasteiger partial charge in [-0.15, -0.1) is 0 Å². The number of nitrogens with zero attached hydrogens (tertiary/aromatic N) is 1. The smallest absolute Gasteiger partial charge is 0.259 e. The maximum Gasteiger partial charge on any atom is 0.259 e. The molecule has 23 heavy (non-hydrogen) atoms. The average Bonchev–Trinajstić information content (AvgIpc) is 3.01. The summed E-state index contributed by atoms with van der Waals surface area (Å²) in [6.45, 7) is 4.64. The third-order valence-electron chi connectivity index (χ3n) is 4.23. The highest BCUT2D eigenvalue weighted by Crippen LogP contribution is 2.42. The van der Waals surface area contributed by atoms with Crippen molar-refractivity contribution in [3.8, 4) is 17.2 Å². The lowest BCUT2D eigenvalue weighted by Crippen LogP contribution is -2.40. The van der Waals surface area contributed by atoms with Crippen LogP contribution in [0.3, 0.4) is 0 Å². The molecular formula is C16H23ClN2O4. The predicted octanol–water partition coefficient (Wildman–Crippen LogP) is 2.28. The molecule has 0 aromatic heterocycles. The van der Waals surface area contributed by atoms with E-state index in [0.717, 1.165) is 25.9 Å². The lowest BCUT2D eigenvalue weighted by atomic mass is 10.1. The van der Waals surface area contributed by atoms with Crippen LogP contribution in [0.15, 0.2) is 6.07 Å². The molecule has 7 heteroatoms. The molecule has 0 radical (unpaired) electrons. The Hall–Kier alpha value is -1.66. The molecule has 1 amide bonds. The maximum absolute atomic E-state index is 12.5. The summed E-state index contributed by atoms with van der Waals surface area (Å²) >= 11 is 5.97. The zero-order chi connectivity index (χ0) is 17.0. The molecular weight excluding hydrogens is 320 g/mol. The molecule has 1 aliphatic rings. The Kier molecular flexibility index (Phi) is 5.96. The van der Waals surface area contributed by atoms with E-state index in [1.54, 1.807) is 0 Å². The van der Waals surface area contributed by atoms with Crippen molar-refractivity contribution >= 4 is 17.5 Å². The molecule has 0 bridgehead atoms. The molecule has 0 spiro atoms. The number of likely N-dealkylation sites (N-methyl/N-ethyl adjacent to an activating group) is 1. The van der Waals surface area contributed by atoms with Crippen LogP contribution in [0.2, 0.25) is 5.02 Å². The second kappa shape index (κ2) is 7.75. The number of rotatable bonds is 6. The molecule has 1 aromatic carbocycles. The van der Waals surface area contributed by atoms with Crippen molar-refractivity contribution in [3.05, 3.63) is 16.7 Å². The van der Waals surface area contributed by atoms with Crippen LogP contribution in [0, 0.1) is 0 Å². The van der Waals surface area contributed by atoms with Crippen molar-refractivity contribution in [2.45, 2.75) is 25.8 Å². The van der Waals surface area contributed by atoms with Gasteiger partial charge in [0.15, 0.2) is 17.2 Å². The predicted molar refractivity (Wildman–Crippen MR) is 88.8 cm³/mol. The monoisotopic (exact) mass is 342 g/mol. The van der Waals surface area contributed by atoms with Gasteiger partial charge in [-0.3, -0.25) is 9.69 Å². The third-order valence-corrected chi connectivity index (χ3v) is 4.51. The van der Waals surface area contributed by atoms with Gasteiger partial charge in [0, 0.05) is 18.7 Å². The summed E-state index contributed by atoms with van der Waals surface area (Å²) in [6.07, 6.45) is 2.18. The number of phenolic OH excluding ortho intramolecular Hbond substituents is 1. The molecule has 1 unspecified atom stereocenters. The quantitative estimate of drug-likeness (QED) is 0.830. The number of phenols is 1. The molecule has 1 aromatic rings. The lowest BCUT2D eigenvalue weighted by molar-refractivity contribution is 0.0934. The van der Waals surface area contributed by atoms with E-state index in [2.05, 4.69) is 17.1 Å². The Labute approximate surface area is 141 Å². The van der Waals surface area contributed by atoms with Gasteiger partial charge in [0.05, 0.1) is 19.2 Å². The number of methoxy groups -OCH3 is 2. The molecule has 2 N–H and O–H groups in total. The van der Waals surface area contributed by atoms with E-state index in [1.165, 1.54) is 20.3 Å². The van der Waals surface area contributed by atoms with Gasteiger partial charge >= 0.3 is 0 Å². The standard InChI is InChI=1S/C16H23ClN2O4/c1-4-19-7-5-6-10(19)9-18-16(21)13-14(20)11(17)8-12(22-2)15(13)23-3/h8,10,20H,4-7,9H2,1-3H3,(H,18,21). The zero-order valence-electron chi connectivity index (χ0n) is 13.7. The van der Waals surface area contributed by atoms with E-state index in [1.807, 2.05) is 0 Å². The first-order valence-electron chi connectivity index (χ1n) is 7.69. The highest BCUT2D eigenvalue weighted by atomic mass is 35.5. The summed E-state index contributed by atoms with van der Waals surface area (Å²) in [5.74, 6) is -0.258. The summed E-state index contributed by atoms with van der Waals surface area (Å²) in [6, 6.07) is 1.74. The van der Waals surface area contributed by atoms with Crippen molar-refractivity contribution in [2.75, 3.05) is 33.9 Å². The van der Waals surface area contributed by atoms with Crippen molar-refractivity contribution in [3.63, 3.8) is 0 Å². The first kappa shape index (κ1) is 17.7. The molecule has 1 aliphatic heterocycles. The van der Waals surface area contributed by atoms with E-state index in [4.69, 9.17) is 21.1 Å². The van der Waals surface area contributed by atoms with E-state index in [9.17, 15) is 9.90 Å².